The molecular weight excluding hydrogens is 370 g/mol. The maximum absolute atomic E-state index is 12.7. The zero-order valence-electron chi connectivity index (χ0n) is 16.2. The molecule has 8 heteroatoms. The van der Waals surface area contributed by atoms with Gasteiger partial charge >= 0.3 is 12.1 Å². The van der Waals surface area contributed by atoms with E-state index in [9.17, 15) is 9.59 Å². The number of carbonyl (C=O) groups is 2. The van der Waals surface area contributed by atoms with Gasteiger partial charge in [-0.2, -0.15) is 0 Å². The molecule has 0 saturated heterocycles. The first-order valence-electron chi connectivity index (χ1n) is 8.46. The lowest BCUT2D eigenvalue weighted by Gasteiger charge is -2.43. The van der Waals surface area contributed by atoms with Gasteiger partial charge in [0.15, 0.2) is 5.69 Å². The summed E-state index contributed by atoms with van der Waals surface area (Å²) in [5, 5.41) is 0.481. The number of rotatable bonds is 1. The predicted octanol–water partition coefficient (Wildman–Crippen LogP) is 4.30. The average Bonchev–Trinajstić information content (AvgIpc) is 2.99. The van der Waals surface area contributed by atoms with Crippen LogP contribution < -0.4 is 4.90 Å². The van der Waals surface area contributed by atoms with Crippen LogP contribution in [0.2, 0.25) is 5.02 Å². The number of anilines is 1. The number of methoxy groups -OCH3 is 1. The van der Waals surface area contributed by atoms with Crippen molar-refractivity contribution < 1.29 is 19.1 Å². The Kier molecular flexibility index (Phi) is 4.46. The Morgan fingerprint density at radius 3 is 2.44 bits per heavy atom. The van der Waals surface area contributed by atoms with E-state index in [1.807, 2.05) is 13.8 Å². The summed E-state index contributed by atoms with van der Waals surface area (Å²) in [6.07, 6.45) is 0.989. The van der Waals surface area contributed by atoms with Crippen molar-refractivity contribution in [2.45, 2.75) is 45.8 Å². The van der Waals surface area contributed by atoms with E-state index in [-0.39, 0.29) is 5.69 Å². The summed E-state index contributed by atoms with van der Waals surface area (Å²) in [5.74, 6) is -0.549. The highest BCUT2D eigenvalue weighted by Gasteiger charge is 2.46. The fourth-order valence-electron chi connectivity index (χ4n) is 3.30. The van der Waals surface area contributed by atoms with E-state index >= 15 is 0 Å². The number of nitrogens with zero attached hydrogens (tertiary/aromatic N) is 3. The molecule has 144 valence electrons. The van der Waals surface area contributed by atoms with Gasteiger partial charge in [-0.05, 0) is 52.8 Å². The number of hydrogen-bond acceptors (Lipinski definition) is 5. The van der Waals surface area contributed by atoms with Gasteiger partial charge in [-0.1, -0.05) is 11.6 Å². The molecule has 0 bridgehead atoms. The topological polar surface area (TPSA) is 73.7 Å². The van der Waals surface area contributed by atoms with Crippen LogP contribution in [0.1, 0.15) is 50.8 Å². The van der Waals surface area contributed by atoms with E-state index in [1.165, 1.54) is 12.0 Å². The van der Waals surface area contributed by atoms with Gasteiger partial charge in [-0.25, -0.2) is 14.6 Å². The molecule has 1 aliphatic rings. The zero-order valence-corrected chi connectivity index (χ0v) is 16.9. The molecule has 1 amide bonds. The van der Waals surface area contributed by atoms with Crippen LogP contribution in [0, 0.1) is 0 Å². The van der Waals surface area contributed by atoms with Gasteiger partial charge in [0.2, 0.25) is 0 Å². The van der Waals surface area contributed by atoms with Gasteiger partial charge in [0.1, 0.15) is 11.9 Å². The van der Waals surface area contributed by atoms with E-state index < -0.39 is 23.2 Å². The van der Waals surface area contributed by atoms with Crippen molar-refractivity contribution in [2.24, 2.45) is 0 Å². The molecule has 0 fully saturated rings. The Morgan fingerprint density at radius 2 is 1.85 bits per heavy atom. The predicted molar refractivity (Wildman–Crippen MR) is 102 cm³/mol. The molecule has 2 heterocycles. The van der Waals surface area contributed by atoms with Crippen LogP contribution in [0.25, 0.3) is 5.69 Å². The Balaban J connectivity index is 2.25. The summed E-state index contributed by atoms with van der Waals surface area (Å²) in [5.41, 5.74) is 0.329. The van der Waals surface area contributed by atoms with Crippen molar-refractivity contribution in [1.82, 2.24) is 9.55 Å². The molecule has 0 N–H and O–H groups in total. The fourth-order valence-corrected chi connectivity index (χ4v) is 3.46. The molecule has 1 aromatic heterocycles. The number of halogens is 1. The third-order valence-electron chi connectivity index (χ3n) is 4.29. The minimum Gasteiger partial charge on any atom is -0.455 e. The number of aromatic nitrogens is 2. The largest absolute Gasteiger partial charge is 0.455 e. The van der Waals surface area contributed by atoms with Crippen LogP contribution in [0.5, 0.6) is 0 Å². The summed E-state index contributed by atoms with van der Waals surface area (Å²) >= 11 is 6.16. The van der Waals surface area contributed by atoms with Crippen molar-refractivity contribution in [1.29, 1.82) is 0 Å². The zero-order chi connectivity index (χ0) is 20.1. The highest BCUT2D eigenvalue weighted by molar-refractivity contribution is 6.31. The normalized spacial score (nSPS) is 15.0. The molecule has 0 aliphatic carbocycles. The Labute approximate surface area is 162 Å². The molecule has 27 heavy (non-hydrogen) atoms. The molecule has 0 spiro atoms. The van der Waals surface area contributed by atoms with Gasteiger partial charge < -0.3 is 9.47 Å². The fraction of sp³-hybridized carbons (Fsp3) is 0.421. The van der Waals surface area contributed by atoms with Crippen molar-refractivity contribution >= 4 is 29.4 Å². The molecule has 0 atom stereocenters. The Bertz CT molecular complexity index is 928. The standard InChI is InChI=1S/C19H22ClN3O4/c1-18(2,3)27-16(24)14-15-19(4,5)23(17(25)26-6)13-9-11(20)7-8-12(13)22(15)10-21-14/h7-10H,1-6H3. The summed E-state index contributed by atoms with van der Waals surface area (Å²) in [4.78, 5) is 31.1. The third-order valence-corrected chi connectivity index (χ3v) is 4.53. The van der Waals surface area contributed by atoms with Crippen LogP contribution >= 0.6 is 11.6 Å². The second-order valence-corrected chi connectivity index (χ2v) is 8.25. The van der Waals surface area contributed by atoms with Crippen molar-refractivity contribution in [3.63, 3.8) is 0 Å². The van der Waals surface area contributed by atoms with E-state index in [0.29, 0.717) is 22.1 Å². The molecule has 1 aliphatic heterocycles. The van der Waals surface area contributed by atoms with Crippen LogP contribution in [-0.4, -0.2) is 34.3 Å². The average molecular weight is 392 g/mol. The minimum absolute atomic E-state index is 0.157. The van der Waals surface area contributed by atoms with E-state index in [0.717, 1.165) is 0 Å². The molecular formula is C19H22ClN3O4. The number of esters is 1. The van der Waals surface area contributed by atoms with Gasteiger partial charge in [0.25, 0.3) is 0 Å². The number of hydrogen-bond donors (Lipinski definition) is 0. The van der Waals surface area contributed by atoms with E-state index in [2.05, 4.69) is 4.98 Å². The third kappa shape index (κ3) is 3.16. The van der Waals surface area contributed by atoms with E-state index in [4.69, 9.17) is 21.1 Å². The molecule has 7 nitrogen and oxygen atoms in total. The van der Waals surface area contributed by atoms with Gasteiger partial charge in [0.05, 0.1) is 29.7 Å². The number of fused-ring (bicyclic) bond motifs is 3. The maximum Gasteiger partial charge on any atom is 0.414 e. The molecule has 2 aromatic rings. The smallest absolute Gasteiger partial charge is 0.414 e. The van der Waals surface area contributed by atoms with Crippen LogP contribution in [0.4, 0.5) is 10.5 Å². The molecule has 0 unspecified atom stereocenters. The number of ether oxygens (including phenoxy) is 2. The second-order valence-electron chi connectivity index (χ2n) is 7.81. The molecule has 0 radical (unpaired) electrons. The van der Waals surface area contributed by atoms with Gasteiger partial charge in [0, 0.05) is 5.02 Å². The van der Waals surface area contributed by atoms with Gasteiger partial charge in [-0.3, -0.25) is 9.47 Å². The monoisotopic (exact) mass is 391 g/mol. The summed E-state index contributed by atoms with van der Waals surface area (Å²) in [6.45, 7) is 8.99. The van der Waals surface area contributed by atoms with Crippen molar-refractivity contribution in [3.05, 3.63) is 40.9 Å². The first kappa shape index (κ1) is 19.2. The van der Waals surface area contributed by atoms with Crippen LogP contribution in [0.3, 0.4) is 0 Å². The van der Waals surface area contributed by atoms with E-state index in [1.54, 1.807) is 49.9 Å². The minimum atomic E-state index is -0.937. The number of benzene rings is 1. The lowest BCUT2D eigenvalue weighted by molar-refractivity contribution is 0.00599. The van der Waals surface area contributed by atoms with Crippen LogP contribution in [-0.2, 0) is 15.0 Å². The number of imidazole rings is 1. The lowest BCUT2D eigenvalue weighted by atomic mass is 9.92. The second kappa shape index (κ2) is 6.27. The molecule has 0 saturated carbocycles. The summed E-state index contributed by atoms with van der Waals surface area (Å²) < 4.78 is 12.3. The van der Waals surface area contributed by atoms with Gasteiger partial charge in [-0.15, -0.1) is 0 Å². The highest BCUT2D eigenvalue weighted by Crippen LogP contribution is 2.44. The molecule has 3 rings (SSSR count). The lowest BCUT2D eigenvalue weighted by Crippen LogP contribution is -2.50. The molecule has 1 aromatic carbocycles. The number of carbonyl (C=O) groups excluding carboxylic acids is 2. The summed E-state index contributed by atoms with van der Waals surface area (Å²) in [7, 11) is 1.31. The van der Waals surface area contributed by atoms with Crippen LogP contribution in [0.15, 0.2) is 24.5 Å². The highest BCUT2D eigenvalue weighted by atomic mass is 35.5. The maximum atomic E-state index is 12.7. The SMILES string of the molecule is COC(=O)N1c2cc(Cl)ccc2-n2cnc(C(=O)OC(C)(C)C)c2C1(C)C. The first-order valence-corrected chi connectivity index (χ1v) is 8.84. The summed E-state index contributed by atoms with van der Waals surface area (Å²) in [6, 6.07) is 5.17. The first-order chi connectivity index (χ1) is 12.5. The number of amides is 1. The Hall–Kier alpha value is -2.54. The van der Waals surface area contributed by atoms with Crippen molar-refractivity contribution in [2.75, 3.05) is 12.0 Å². The van der Waals surface area contributed by atoms with Crippen molar-refractivity contribution in [3.8, 4) is 5.69 Å². The Morgan fingerprint density at radius 1 is 1.19 bits per heavy atom. The quantitative estimate of drug-likeness (QED) is 0.677.